The summed E-state index contributed by atoms with van der Waals surface area (Å²) in [5.41, 5.74) is 1.33. The number of aryl methyl sites for hydroxylation is 3. The van der Waals surface area contributed by atoms with Crippen LogP contribution in [0.3, 0.4) is 0 Å². The van der Waals surface area contributed by atoms with E-state index in [1.807, 2.05) is 18.2 Å². The van der Waals surface area contributed by atoms with Gasteiger partial charge in [-0.05, 0) is 55.4 Å². The summed E-state index contributed by atoms with van der Waals surface area (Å²) in [5.74, 6) is 1.23. The number of aromatic nitrogens is 2. The molecule has 0 amide bonds. The molecule has 0 saturated heterocycles. The third-order valence-corrected chi connectivity index (χ3v) is 6.93. The standard InChI is InChI=1S/C22H23N3O4S/c1-28-16-8-7-14(13-17(16)29-2)9-11-24-20(26)19-15-5-3-4-6-18(15)30-21(19)25(12-10-23)22(24)27/h7-8,13H,3-6,9,11-12H2,1-2H3. The first-order valence-electron chi connectivity index (χ1n) is 9.94. The topological polar surface area (TPSA) is 86.2 Å². The van der Waals surface area contributed by atoms with Crippen molar-refractivity contribution in [2.75, 3.05) is 14.2 Å². The molecule has 0 saturated carbocycles. The second kappa shape index (κ2) is 8.36. The molecule has 4 rings (SSSR count). The average molecular weight is 426 g/mol. The molecule has 0 N–H and O–H groups in total. The first kappa shape index (κ1) is 20.2. The Balaban J connectivity index is 1.78. The fraction of sp³-hybridized carbons (Fsp3) is 0.409. The van der Waals surface area contributed by atoms with E-state index in [1.54, 1.807) is 14.2 Å². The summed E-state index contributed by atoms with van der Waals surface area (Å²) in [7, 11) is 3.14. The van der Waals surface area contributed by atoms with E-state index in [9.17, 15) is 14.9 Å². The number of methoxy groups -OCH3 is 2. The normalized spacial score (nSPS) is 13.1. The fourth-order valence-corrected chi connectivity index (χ4v) is 5.47. The minimum absolute atomic E-state index is 0.0641. The third-order valence-electron chi connectivity index (χ3n) is 5.62. The lowest BCUT2D eigenvalue weighted by Gasteiger charge is -2.13. The van der Waals surface area contributed by atoms with Crippen molar-refractivity contribution in [3.8, 4) is 17.6 Å². The zero-order valence-corrected chi connectivity index (χ0v) is 17.9. The Morgan fingerprint density at radius 2 is 1.87 bits per heavy atom. The molecule has 3 aromatic rings. The van der Waals surface area contributed by atoms with Gasteiger partial charge in [-0.2, -0.15) is 5.26 Å². The van der Waals surface area contributed by atoms with Crippen molar-refractivity contribution in [2.24, 2.45) is 0 Å². The smallest absolute Gasteiger partial charge is 0.333 e. The number of benzene rings is 1. The van der Waals surface area contributed by atoms with E-state index in [2.05, 4.69) is 6.07 Å². The number of hydrogen-bond donors (Lipinski definition) is 0. The molecule has 30 heavy (non-hydrogen) atoms. The van der Waals surface area contributed by atoms with Gasteiger partial charge >= 0.3 is 5.69 Å². The summed E-state index contributed by atoms with van der Waals surface area (Å²) in [6, 6.07) is 7.62. The first-order valence-corrected chi connectivity index (χ1v) is 10.8. The van der Waals surface area contributed by atoms with Crippen LogP contribution in [0.2, 0.25) is 0 Å². The molecular weight excluding hydrogens is 402 g/mol. The fourth-order valence-electron chi connectivity index (χ4n) is 4.10. The van der Waals surface area contributed by atoms with Crippen LogP contribution in [0.1, 0.15) is 28.8 Å². The lowest BCUT2D eigenvalue weighted by molar-refractivity contribution is 0.354. The van der Waals surface area contributed by atoms with Crippen LogP contribution in [-0.2, 0) is 32.4 Å². The Bertz CT molecular complexity index is 1260. The molecule has 1 aliphatic carbocycles. The van der Waals surface area contributed by atoms with E-state index in [1.165, 1.54) is 25.3 Å². The second-order valence-corrected chi connectivity index (χ2v) is 8.40. The summed E-state index contributed by atoms with van der Waals surface area (Å²) in [6.45, 7) is 0.171. The molecule has 0 fully saturated rings. The molecular formula is C22H23N3O4S. The number of hydrogen-bond acceptors (Lipinski definition) is 6. The number of fused-ring (bicyclic) bond motifs is 3. The lowest BCUT2D eigenvalue weighted by atomic mass is 9.97. The van der Waals surface area contributed by atoms with Crippen molar-refractivity contribution in [2.45, 2.75) is 45.2 Å². The van der Waals surface area contributed by atoms with E-state index in [0.717, 1.165) is 36.8 Å². The van der Waals surface area contributed by atoms with Crippen molar-refractivity contribution in [3.05, 3.63) is 55.0 Å². The number of rotatable bonds is 6. The van der Waals surface area contributed by atoms with Crippen LogP contribution >= 0.6 is 11.3 Å². The van der Waals surface area contributed by atoms with Crippen LogP contribution in [0, 0.1) is 11.3 Å². The molecule has 1 aromatic carbocycles. The molecule has 0 spiro atoms. The van der Waals surface area contributed by atoms with E-state index >= 15 is 0 Å². The molecule has 2 aromatic heterocycles. The van der Waals surface area contributed by atoms with Crippen LogP contribution in [0.25, 0.3) is 10.2 Å². The van der Waals surface area contributed by atoms with Gasteiger partial charge in [0.25, 0.3) is 5.56 Å². The zero-order chi connectivity index (χ0) is 21.3. The number of nitriles is 1. The van der Waals surface area contributed by atoms with Crippen LogP contribution < -0.4 is 20.7 Å². The highest BCUT2D eigenvalue weighted by molar-refractivity contribution is 7.18. The van der Waals surface area contributed by atoms with Crippen molar-refractivity contribution < 1.29 is 9.47 Å². The maximum absolute atomic E-state index is 13.3. The van der Waals surface area contributed by atoms with Crippen LogP contribution in [0.5, 0.6) is 11.5 Å². The van der Waals surface area contributed by atoms with Crippen LogP contribution in [0.15, 0.2) is 27.8 Å². The Morgan fingerprint density at radius 3 is 2.60 bits per heavy atom. The molecule has 2 heterocycles. The molecule has 1 aliphatic rings. The minimum Gasteiger partial charge on any atom is -0.493 e. The van der Waals surface area contributed by atoms with Crippen molar-refractivity contribution in [1.82, 2.24) is 9.13 Å². The SMILES string of the molecule is COc1ccc(CCn2c(=O)c3c4c(sc3n(CC#N)c2=O)CCCC4)cc1OC. The molecule has 0 atom stereocenters. The van der Waals surface area contributed by atoms with Gasteiger partial charge in [0.2, 0.25) is 0 Å². The van der Waals surface area contributed by atoms with E-state index in [4.69, 9.17) is 9.47 Å². The van der Waals surface area contributed by atoms with Gasteiger partial charge < -0.3 is 9.47 Å². The van der Waals surface area contributed by atoms with E-state index < -0.39 is 5.69 Å². The molecule has 156 valence electrons. The first-order chi connectivity index (χ1) is 14.6. The highest BCUT2D eigenvalue weighted by Crippen LogP contribution is 2.34. The monoisotopic (exact) mass is 425 g/mol. The van der Waals surface area contributed by atoms with Crippen molar-refractivity contribution in [3.63, 3.8) is 0 Å². The predicted molar refractivity (Wildman–Crippen MR) is 116 cm³/mol. The second-order valence-electron chi connectivity index (χ2n) is 7.31. The average Bonchev–Trinajstić information content (AvgIpc) is 3.16. The Kier molecular flexibility index (Phi) is 5.64. The Labute approximate surface area is 177 Å². The summed E-state index contributed by atoms with van der Waals surface area (Å²) in [6.07, 6.45) is 4.41. The van der Waals surface area contributed by atoms with Gasteiger partial charge in [0.05, 0.1) is 25.7 Å². The molecule has 0 unspecified atom stereocenters. The molecule has 0 radical (unpaired) electrons. The molecule has 8 heteroatoms. The van der Waals surface area contributed by atoms with Gasteiger partial charge in [-0.25, -0.2) is 4.79 Å². The van der Waals surface area contributed by atoms with E-state index in [0.29, 0.717) is 28.1 Å². The summed E-state index contributed by atoms with van der Waals surface area (Å²) >= 11 is 1.49. The third kappa shape index (κ3) is 3.39. The van der Waals surface area contributed by atoms with Gasteiger partial charge in [0.15, 0.2) is 11.5 Å². The van der Waals surface area contributed by atoms with E-state index in [-0.39, 0.29) is 18.6 Å². The lowest BCUT2D eigenvalue weighted by Crippen LogP contribution is -2.40. The highest BCUT2D eigenvalue weighted by atomic mass is 32.1. The largest absolute Gasteiger partial charge is 0.493 e. The maximum atomic E-state index is 13.3. The summed E-state index contributed by atoms with van der Waals surface area (Å²) in [4.78, 5) is 28.2. The van der Waals surface area contributed by atoms with Crippen molar-refractivity contribution in [1.29, 1.82) is 5.26 Å². The quantitative estimate of drug-likeness (QED) is 0.606. The van der Waals surface area contributed by atoms with Gasteiger partial charge in [0.1, 0.15) is 11.4 Å². The summed E-state index contributed by atoms with van der Waals surface area (Å²) in [5, 5.41) is 9.89. The van der Waals surface area contributed by atoms with Gasteiger partial charge in [-0.1, -0.05) is 6.07 Å². The Hall–Kier alpha value is -3.05. The number of nitrogens with zero attached hydrogens (tertiary/aromatic N) is 3. The van der Waals surface area contributed by atoms with Crippen LogP contribution in [0.4, 0.5) is 0 Å². The van der Waals surface area contributed by atoms with Crippen LogP contribution in [-0.4, -0.2) is 23.4 Å². The molecule has 7 nitrogen and oxygen atoms in total. The van der Waals surface area contributed by atoms with Gasteiger partial charge in [-0.3, -0.25) is 13.9 Å². The molecule has 0 bridgehead atoms. The Morgan fingerprint density at radius 1 is 1.10 bits per heavy atom. The van der Waals surface area contributed by atoms with Gasteiger partial charge in [0, 0.05) is 11.4 Å². The molecule has 0 aliphatic heterocycles. The predicted octanol–water partition coefficient (Wildman–Crippen LogP) is 2.89. The number of ether oxygens (including phenoxy) is 2. The minimum atomic E-state index is -0.423. The summed E-state index contributed by atoms with van der Waals surface area (Å²) < 4.78 is 13.3. The van der Waals surface area contributed by atoms with Gasteiger partial charge in [-0.15, -0.1) is 11.3 Å². The van der Waals surface area contributed by atoms with Crippen molar-refractivity contribution >= 4 is 21.6 Å². The zero-order valence-electron chi connectivity index (χ0n) is 17.1. The number of thiophene rings is 1. The maximum Gasteiger partial charge on any atom is 0.333 e. The highest BCUT2D eigenvalue weighted by Gasteiger charge is 2.23.